The summed E-state index contributed by atoms with van der Waals surface area (Å²) in [7, 11) is 0. The lowest BCUT2D eigenvalue weighted by atomic mass is 10.4. The topological polar surface area (TPSA) is 72.5 Å². The molecular weight excluding hydrogens is 164 g/mol. The average molecular weight is 175 g/mol. The molecule has 0 fully saturated rings. The van der Waals surface area contributed by atoms with Crippen molar-refractivity contribution in [3.05, 3.63) is 0 Å². The van der Waals surface area contributed by atoms with E-state index in [1.807, 2.05) is 0 Å². The van der Waals surface area contributed by atoms with Gasteiger partial charge >= 0.3 is 17.9 Å². The monoisotopic (exact) mass is 175 g/mol. The smallest absolute Gasteiger partial charge is 0.396 e. The zero-order valence-corrected chi connectivity index (χ0v) is 7.25. The summed E-state index contributed by atoms with van der Waals surface area (Å²) in [6.45, 7) is 3.61. The van der Waals surface area contributed by atoms with Crippen LogP contribution in [-0.2, 0) is 24.2 Å². The average Bonchev–Trinajstić information content (AvgIpc) is 1.83. The molecule has 5 heteroatoms. The first-order chi connectivity index (χ1) is 5.39. The molecule has 0 N–H and O–H groups in total. The maximum atomic E-state index is 11.2. The highest BCUT2D eigenvalue weighted by molar-refractivity contribution is 5.68. The van der Waals surface area contributed by atoms with E-state index in [1.54, 1.807) is 0 Å². The van der Waals surface area contributed by atoms with Gasteiger partial charge in [0.25, 0.3) is 0 Å². The second kappa shape index (κ2) is 4.06. The molecule has 0 unspecified atom stereocenters. The van der Waals surface area contributed by atoms with Crippen LogP contribution in [0.1, 0.15) is 27.2 Å². The van der Waals surface area contributed by atoms with Crippen LogP contribution in [0.4, 0.5) is 0 Å². The Kier molecular flexibility index (Phi) is 3.69. The van der Waals surface area contributed by atoms with E-state index in [-0.39, 0.29) is 6.42 Å². The van der Waals surface area contributed by atoms with Crippen molar-refractivity contribution in [2.75, 3.05) is 0 Å². The standard InChI is InChI=1S/C7H11O5/c1-4-7(10,11-5(2)8)12-6(3)9/h4H2,1-3H3. The summed E-state index contributed by atoms with van der Waals surface area (Å²) in [5, 5.41) is 11.2. The van der Waals surface area contributed by atoms with Gasteiger partial charge in [-0.3, -0.25) is 9.59 Å². The van der Waals surface area contributed by atoms with Gasteiger partial charge in [0.15, 0.2) is 0 Å². The molecule has 0 aliphatic rings. The van der Waals surface area contributed by atoms with Crippen LogP contribution < -0.4 is 0 Å². The summed E-state index contributed by atoms with van der Waals surface area (Å²) >= 11 is 0. The van der Waals surface area contributed by atoms with Crippen LogP contribution in [0.5, 0.6) is 0 Å². The van der Waals surface area contributed by atoms with E-state index in [4.69, 9.17) is 0 Å². The summed E-state index contributed by atoms with van der Waals surface area (Å²) in [6, 6.07) is 0. The quantitative estimate of drug-likeness (QED) is 0.465. The third kappa shape index (κ3) is 3.92. The van der Waals surface area contributed by atoms with Crippen LogP contribution in [0.3, 0.4) is 0 Å². The predicted octanol–water partition coefficient (Wildman–Crippen LogP) is 0.607. The first-order valence-corrected chi connectivity index (χ1v) is 3.49. The van der Waals surface area contributed by atoms with E-state index in [0.717, 1.165) is 13.8 Å². The Hall–Kier alpha value is -1.10. The normalized spacial score (nSPS) is 10.7. The number of hydrogen-bond acceptors (Lipinski definition) is 4. The molecule has 12 heavy (non-hydrogen) atoms. The molecule has 0 saturated carbocycles. The Balaban J connectivity index is 4.23. The lowest BCUT2D eigenvalue weighted by molar-refractivity contribution is -0.351. The predicted molar refractivity (Wildman–Crippen MR) is 37.2 cm³/mol. The second-order valence-electron chi connectivity index (χ2n) is 2.22. The second-order valence-corrected chi connectivity index (χ2v) is 2.22. The Bertz CT molecular complexity index is 170. The highest BCUT2D eigenvalue weighted by atomic mass is 16.8. The minimum absolute atomic E-state index is 0.119. The molecule has 0 aromatic heterocycles. The third-order valence-electron chi connectivity index (χ3n) is 1.03. The maximum Gasteiger partial charge on any atom is 0.402 e. The van der Waals surface area contributed by atoms with Gasteiger partial charge in [0, 0.05) is 13.8 Å². The highest BCUT2D eigenvalue weighted by Gasteiger charge is 2.34. The molecule has 0 atom stereocenters. The molecule has 5 nitrogen and oxygen atoms in total. The fourth-order valence-electron chi connectivity index (χ4n) is 0.603. The molecule has 0 amide bonds. The van der Waals surface area contributed by atoms with E-state index in [2.05, 4.69) is 9.47 Å². The van der Waals surface area contributed by atoms with E-state index < -0.39 is 17.9 Å². The van der Waals surface area contributed by atoms with Gasteiger partial charge < -0.3 is 9.47 Å². The Morgan fingerprint density at radius 2 is 1.50 bits per heavy atom. The van der Waals surface area contributed by atoms with Gasteiger partial charge in [-0.2, -0.15) is 0 Å². The van der Waals surface area contributed by atoms with Crippen molar-refractivity contribution >= 4 is 11.9 Å². The first kappa shape index (κ1) is 10.9. The summed E-state index contributed by atoms with van der Waals surface area (Å²) in [5.41, 5.74) is 0. The number of carbonyl (C=O) groups excluding carboxylic acids is 2. The molecule has 1 radical (unpaired) electrons. The van der Waals surface area contributed by atoms with E-state index in [1.165, 1.54) is 6.92 Å². The minimum Gasteiger partial charge on any atom is -0.396 e. The molecule has 0 heterocycles. The number of carbonyl (C=O) groups is 2. The van der Waals surface area contributed by atoms with Gasteiger partial charge in [0.2, 0.25) is 0 Å². The van der Waals surface area contributed by atoms with E-state index >= 15 is 0 Å². The molecule has 0 aliphatic heterocycles. The van der Waals surface area contributed by atoms with Gasteiger partial charge in [-0.15, -0.1) is 5.11 Å². The Morgan fingerprint density at radius 3 is 1.67 bits per heavy atom. The zero-order valence-electron chi connectivity index (χ0n) is 7.25. The van der Waals surface area contributed by atoms with Crippen LogP contribution in [0.15, 0.2) is 0 Å². The molecule has 0 bridgehead atoms. The number of hydrogen-bond donors (Lipinski definition) is 0. The van der Waals surface area contributed by atoms with Gasteiger partial charge in [-0.05, 0) is 0 Å². The highest BCUT2D eigenvalue weighted by Crippen LogP contribution is 2.15. The Morgan fingerprint density at radius 1 is 1.17 bits per heavy atom. The first-order valence-electron chi connectivity index (χ1n) is 3.49. The van der Waals surface area contributed by atoms with Crippen molar-refractivity contribution in [2.24, 2.45) is 0 Å². The lowest BCUT2D eigenvalue weighted by Crippen LogP contribution is -2.36. The molecule has 69 valence electrons. The SMILES string of the molecule is CCC([O])(OC(C)=O)OC(C)=O. The minimum atomic E-state index is -2.36. The molecular formula is C7H11O5. The summed E-state index contributed by atoms with van der Waals surface area (Å²) in [5.74, 6) is -3.90. The molecule has 0 spiro atoms. The number of esters is 2. The molecule has 0 aromatic carbocycles. The summed E-state index contributed by atoms with van der Waals surface area (Å²) < 4.78 is 8.52. The number of ether oxygens (including phenoxy) is 2. The van der Waals surface area contributed by atoms with Crippen LogP contribution in [0.2, 0.25) is 0 Å². The van der Waals surface area contributed by atoms with Crippen molar-refractivity contribution < 1.29 is 24.2 Å². The zero-order chi connectivity index (χ0) is 9.78. The van der Waals surface area contributed by atoms with Crippen LogP contribution in [-0.4, -0.2) is 17.9 Å². The fourth-order valence-corrected chi connectivity index (χ4v) is 0.603. The van der Waals surface area contributed by atoms with Gasteiger partial charge in [0.05, 0.1) is 6.42 Å². The van der Waals surface area contributed by atoms with Crippen molar-refractivity contribution in [3.8, 4) is 0 Å². The van der Waals surface area contributed by atoms with Gasteiger partial charge in [-0.1, -0.05) is 6.92 Å². The number of rotatable bonds is 3. The fraction of sp³-hybridized carbons (Fsp3) is 0.714. The van der Waals surface area contributed by atoms with Gasteiger partial charge in [-0.25, -0.2) is 0 Å². The van der Waals surface area contributed by atoms with Gasteiger partial charge in [0.1, 0.15) is 0 Å². The van der Waals surface area contributed by atoms with E-state index in [9.17, 15) is 14.7 Å². The van der Waals surface area contributed by atoms with Crippen LogP contribution >= 0.6 is 0 Å². The Labute approximate surface area is 70.3 Å². The largest absolute Gasteiger partial charge is 0.402 e. The maximum absolute atomic E-state index is 11.2. The van der Waals surface area contributed by atoms with Crippen LogP contribution in [0.25, 0.3) is 0 Å². The van der Waals surface area contributed by atoms with Crippen molar-refractivity contribution in [1.82, 2.24) is 0 Å². The lowest BCUT2D eigenvalue weighted by Gasteiger charge is -2.21. The van der Waals surface area contributed by atoms with Crippen molar-refractivity contribution in [1.29, 1.82) is 0 Å². The van der Waals surface area contributed by atoms with E-state index in [0.29, 0.717) is 0 Å². The summed E-state index contributed by atoms with van der Waals surface area (Å²) in [6.07, 6.45) is -0.119. The third-order valence-corrected chi connectivity index (χ3v) is 1.03. The summed E-state index contributed by atoms with van der Waals surface area (Å²) in [4.78, 5) is 20.8. The molecule has 0 aliphatic carbocycles. The molecule has 0 saturated heterocycles. The van der Waals surface area contributed by atoms with Crippen molar-refractivity contribution in [2.45, 2.75) is 33.2 Å². The van der Waals surface area contributed by atoms with Crippen LogP contribution in [0, 0.1) is 0 Å². The molecule has 0 aromatic rings. The van der Waals surface area contributed by atoms with Crippen molar-refractivity contribution in [3.63, 3.8) is 0 Å². The molecule has 0 rings (SSSR count).